The van der Waals surface area contributed by atoms with E-state index in [1.54, 1.807) is 6.07 Å². The summed E-state index contributed by atoms with van der Waals surface area (Å²) in [7, 11) is 0. The summed E-state index contributed by atoms with van der Waals surface area (Å²) >= 11 is 0. The highest BCUT2D eigenvalue weighted by molar-refractivity contribution is 5.60. The van der Waals surface area contributed by atoms with Crippen molar-refractivity contribution in [3.8, 4) is 0 Å². The molecule has 1 atom stereocenters. The minimum absolute atomic E-state index is 0.140. The lowest BCUT2D eigenvalue weighted by Gasteiger charge is -2.39. The number of rotatable bonds is 1. The number of benzene rings is 1. The molecule has 1 N–H and O–H groups in total. The average Bonchev–Trinajstić information content (AvgIpc) is 2.82. The van der Waals surface area contributed by atoms with Gasteiger partial charge in [0.05, 0.1) is 5.56 Å². The summed E-state index contributed by atoms with van der Waals surface area (Å²) in [5, 5.41) is 3.28. The molecule has 1 aromatic carbocycles. The van der Waals surface area contributed by atoms with Gasteiger partial charge in [0.2, 0.25) is 0 Å². The lowest BCUT2D eigenvalue weighted by Crippen LogP contribution is -2.29. The Morgan fingerprint density at radius 3 is 2.50 bits per heavy atom. The van der Waals surface area contributed by atoms with E-state index in [1.165, 1.54) is 31.4 Å². The van der Waals surface area contributed by atoms with Gasteiger partial charge < -0.3 is 5.32 Å². The van der Waals surface area contributed by atoms with Crippen molar-refractivity contribution in [2.24, 2.45) is 5.41 Å². The number of fused-ring (bicyclic) bond motifs is 1. The van der Waals surface area contributed by atoms with Crippen molar-refractivity contribution in [2.45, 2.75) is 51.1 Å². The van der Waals surface area contributed by atoms with E-state index in [-0.39, 0.29) is 11.3 Å². The quantitative estimate of drug-likeness (QED) is 0.748. The summed E-state index contributed by atoms with van der Waals surface area (Å²) in [6, 6.07) is 4.13. The van der Waals surface area contributed by atoms with Gasteiger partial charge in [-0.3, -0.25) is 0 Å². The van der Waals surface area contributed by atoms with Crippen LogP contribution < -0.4 is 5.32 Å². The SMILES string of the molecule is CC1(C2CNc3ccc(C(F)(F)F)cc32)CCCCC1. The van der Waals surface area contributed by atoms with Crippen LogP contribution in [0.2, 0.25) is 0 Å². The van der Waals surface area contributed by atoms with Crippen LogP contribution in [0, 0.1) is 5.41 Å². The molecule has 3 rings (SSSR count). The summed E-state index contributed by atoms with van der Waals surface area (Å²) in [4.78, 5) is 0. The predicted molar refractivity (Wildman–Crippen MR) is 73.9 cm³/mol. The second-order valence-electron chi connectivity index (χ2n) is 6.45. The molecule has 1 aliphatic carbocycles. The number of alkyl halides is 3. The van der Waals surface area contributed by atoms with Crippen LogP contribution in [-0.2, 0) is 6.18 Å². The first-order valence-electron chi connectivity index (χ1n) is 7.35. The second kappa shape index (κ2) is 4.68. The van der Waals surface area contributed by atoms with E-state index in [0.29, 0.717) is 0 Å². The Morgan fingerprint density at radius 2 is 1.85 bits per heavy atom. The number of nitrogens with one attached hydrogen (secondary N) is 1. The third-order valence-electron chi connectivity index (χ3n) is 5.09. The monoisotopic (exact) mass is 283 g/mol. The summed E-state index contributed by atoms with van der Waals surface area (Å²) in [5.74, 6) is 0.208. The predicted octanol–water partition coefficient (Wildman–Crippen LogP) is 5.18. The molecule has 1 nitrogen and oxygen atoms in total. The molecule has 20 heavy (non-hydrogen) atoms. The normalized spacial score (nSPS) is 25.1. The first-order valence-corrected chi connectivity index (χ1v) is 7.35. The fourth-order valence-corrected chi connectivity index (χ4v) is 3.84. The van der Waals surface area contributed by atoms with Gasteiger partial charge in [-0.1, -0.05) is 26.2 Å². The van der Waals surface area contributed by atoms with Gasteiger partial charge in [-0.25, -0.2) is 0 Å². The van der Waals surface area contributed by atoms with Gasteiger partial charge in [-0.2, -0.15) is 13.2 Å². The Morgan fingerprint density at radius 1 is 1.15 bits per heavy atom. The molecule has 0 bridgehead atoms. The third kappa shape index (κ3) is 2.29. The molecular weight excluding hydrogens is 263 g/mol. The first kappa shape index (κ1) is 13.8. The van der Waals surface area contributed by atoms with Gasteiger partial charge in [-0.15, -0.1) is 0 Å². The van der Waals surface area contributed by atoms with Gasteiger partial charge in [0.1, 0.15) is 0 Å². The molecule has 1 aliphatic heterocycles. The minimum atomic E-state index is -4.25. The molecule has 1 unspecified atom stereocenters. The van der Waals surface area contributed by atoms with E-state index in [0.717, 1.165) is 30.6 Å². The fraction of sp³-hybridized carbons (Fsp3) is 0.625. The van der Waals surface area contributed by atoms with Crippen molar-refractivity contribution in [2.75, 3.05) is 11.9 Å². The van der Waals surface area contributed by atoms with Gasteiger partial charge in [0.25, 0.3) is 0 Å². The van der Waals surface area contributed by atoms with E-state index in [2.05, 4.69) is 12.2 Å². The van der Waals surface area contributed by atoms with Gasteiger partial charge in [-0.05, 0) is 42.0 Å². The molecule has 0 aromatic heterocycles. The van der Waals surface area contributed by atoms with Crippen molar-refractivity contribution in [1.29, 1.82) is 0 Å². The molecule has 2 aliphatic rings. The molecule has 110 valence electrons. The smallest absolute Gasteiger partial charge is 0.384 e. The minimum Gasteiger partial charge on any atom is -0.384 e. The Labute approximate surface area is 117 Å². The standard InChI is InChI=1S/C16H20F3N/c1-15(7-3-2-4-8-15)13-10-20-14-6-5-11(9-12(13)14)16(17,18)19/h5-6,9,13,20H,2-4,7-8,10H2,1H3. The van der Waals surface area contributed by atoms with Gasteiger partial charge >= 0.3 is 6.18 Å². The van der Waals surface area contributed by atoms with Crippen LogP contribution in [0.3, 0.4) is 0 Å². The highest BCUT2D eigenvalue weighted by atomic mass is 19.4. The molecule has 0 spiro atoms. The van der Waals surface area contributed by atoms with E-state index in [9.17, 15) is 13.2 Å². The Bertz CT molecular complexity index is 501. The molecule has 0 radical (unpaired) electrons. The highest BCUT2D eigenvalue weighted by Gasteiger charge is 2.41. The summed E-state index contributed by atoms with van der Waals surface area (Å²) in [6.45, 7) is 3.01. The van der Waals surface area contributed by atoms with E-state index < -0.39 is 11.7 Å². The van der Waals surface area contributed by atoms with Crippen molar-refractivity contribution in [3.63, 3.8) is 0 Å². The fourth-order valence-electron chi connectivity index (χ4n) is 3.84. The Balaban J connectivity index is 1.96. The van der Waals surface area contributed by atoms with Crippen LogP contribution in [0.4, 0.5) is 18.9 Å². The van der Waals surface area contributed by atoms with Crippen LogP contribution >= 0.6 is 0 Å². The van der Waals surface area contributed by atoms with Crippen LogP contribution in [0.25, 0.3) is 0 Å². The van der Waals surface area contributed by atoms with Crippen LogP contribution in [0.5, 0.6) is 0 Å². The summed E-state index contributed by atoms with van der Waals surface area (Å²) in [5.41, 5.74) is 1.36. The maximum Gasteiger partial charge on any atom is 0.416 e. The summed E-state index contributed by atoms with van der Waals surface area (Å²) < 4.78 is 38.7. The number of halogens is 3. The van der Waals surface area contributed by atoms with Crippen molar-refractivity contribution < 1.29 is 13.2 Å². The largest absolute Gasteiger partial charge is 0.416 e. The van der Waals surface area contributed by atoms with E-state index in [1.807, 2.05) is 0 Å². The van der Waals surface area contributed by atoms with Crippen molar-refractivity contribution >= 4 is 5.69 Å². The molecule has 4 heteroatoms. The molecule has 0 amide bonds. The molecule has 0 saturated heterocycles. The van der Waals surface area contributed by atoms with Gasteiger partial charge in [0, 0.05) is 18.2 Å². The Kier molecular flexibility index (Phi) is 3.22. The maximum absolute atomic E-state index is 12.9. The molecule has 1 aromatic rings. The Hall–Kier alpha value is -1.19. The highest BCUT2D eigenvalue weighted by Crippen LogP contribution is 2.51. The van der Waals surface area contributed by atoms with Crippen molar-refractivity contribution in [1.82, 2.24) is 0 Å². The maximum atomic E-state index is 12.9. The average molecular weight is 283 g/mol. The second-order valence-corrected chi connectivity index (χ2v) is 6.45. The van der Waals surface area contributed by atoms with Gasteiger partial charge in [0.15, 0.2) is 0 Å². The first-order chi connectivity index (χ1) is 9.40. The third-order valence-corrected chi connectivity index (χ3v) is 5.09. The van der Waals surface area contributed by atoms with E-state index in [4.69, 9.17) is 0 Å². The lowest BCUT2D eigenvalue weighted by atomic mass is 9.65. The van der Waals surface area contributed by atoms with Crippen LogP contribution in [0.15, 0.2) is 18.2 Å². The zero-order valence-electron chi connectivity index (χ0n) is 11.7. The van der Waals surface area contributed by atoms with E-state index >= 15 is 0 Å². The number of hydrogen-bond donors (Lipinski definition) is 1. The topological polar surface area (TPSA) is 12.0 Å². The molecule has 1 saturated carbocycles. The van der Waals surface area contributed by atoms with Crippen molar-refractivity contribution in [3.05, 3.63) is 29.3 Å². The summed E-state index contributed by atoms with van der Waals surface area (Å²) in [6.07, 6.45) is 1.63. The molecule has 1 fully saturated rings. The lowest BCUT2D eigenvalue weighted by molar-refractivity contribution is -0.137. The van der Waals surface area contributed by atoms with Crippen LogP contribution in [-0.4, -0.2) is 6.54 Å². The molecule has 1 heterocycles. The number of anilines is 1. The number of hydrogen-bond acceptors (Lipinski definition) is 1. The van der Waals surface area contributed by atoms with Crippen LogP contribution in [0.1, 0.15) is 56.1 Å². The zero-order valence-corrected chi connectivity index (χ0v) is 11.7. The molecular formula is C16H20F3N. The zero-order chi connectivity index (χ0) is 14.4.